The van der Waals surface area contributed by atoms with Crippen molar-refractivity contribution in [1.82, 2.24) is 10.2 Å². The molecule has 1 aromatic rings. The molecule has 3 aliphatic rings. The van der Waals surface area contributed by atoms with Crippen molar-refractivity contribution in [2.75, 3.05) is 40.1 Å². The molecular formula is C30H44N2O8. The Hall–Kier alpha value is -2.85. The number of ether oxygens (including phenoxy) is 5. The number of methoxy groups -OCH3 is 1. The standard InChI is InChI=1S/C30H44N2O8/c1-20(27(34)36-5)16-39-24-9-7-6-8-23(24)21-10-12-22(13-11-21)38-17-25-30(19-37-18-26(33)31-30)14-15-32(25)28(35)40-29(2,3)4/h6-9,20-22,25H,10-19H2,1-5H3,(H,31,33). The van der Waals surface area contributed by atoms with Gasteiger partial charge in [0.2, 0.25) is 5.91 Å². The highest BCUT2D eigenvalue weighted by atomic mass is 16.6. The molecule has 2 amide bonds. The van der Waals surface area contributed by atoms with E-state index in [4.69, 9.17) is 23.7 Å². The largest absolute Gasteiger partial charge is 0.492 e. The van der Waals surface area contributed by atoms with Gasteiger partial charge in [-0.05, 0) is 77.3 Å². The summed E-state index contributed by atoms with van der Waals surface area (Å²) in [5, 5.41) is 3.11. The van der Waals surface area contributed by atoms with Gasteiger partial charge in [0.15, 0.2) is 0 Å². The van der Waals surface area contributed by atoms with Crippen LogP contribution in [0.25, 0.3) is 0 Å². The van der Waals surface area contributed by atoms with Crippen molar-refractivity contribution >= 4 is 18.0 Å². The highest BCUT2D eigenvalue weighted by molar-refractivity contribution is 5.79. The molecule has 222 valence electrons. The first-order valence-corrected chi connectivity index (χ1v) is 14.3. The third-order valence-electron chi connectivity index (χ3n) is 8.04. The second-order valence-corrected chi connectivity index (χ2v) is 12.2. The van der Waals surface area contributed by atoms with Crippen molar-refractivity contribution in [2.45, 2.75) is 89.0 Å². The third kappa shape index (κ3) is 7.26. The maximum absolute atomic E-state index is 13.1. The van der Waals surface area contributed by atoms with Crippen LogP contribution in [0, 0.1) is 5.92 Å². The van der Waals surface area contributed by atoms with Gasteiger partial charge < -0.3 is 33.9 Å². The lowest BCUT2D eigenvalue weighted by Crippen LogP contribution is -2.65. The van der Waals surface area contributed by atoms with Gasteiger partial charge >= 0.3 is 12.1 Å². The molecule has 10 nitrogen and oxygen atoms in total. The van der Waals surface area contributed by atoms with Gasteiger partial charge in [0.25, 0.3) is 0 Å². The number of nitrogens with one attached hydrogen (secondary N) is 1. The Morgan fingerprint density at radius 3 is 2.58 bits per heavy atom. The second kappa shape index (κ2) is 12.8. The monoisotopic (exact) mass is 560 g/mol. The van der Waals surface area contributed by atoms with Gasteiger partial charge in [0.1, 0.15) is 24.6 Å². The SMILES string of the molecule is COC(=O)C(C)COc1ccccc1C1CCC(OCC2N(C(=O)OC(C)(C)C)CCC23COCC(=O)N3)CC1. The number of amides is 2. The maximum Gasteiger partial charge on any atom is 0.410 e. The van der Waals surface area contributed by atoms with Crippen LogP contribution in [0.5, 0.6) is 5.75 Å². The molecule has 0 bridgehead atoms. The molecule has 1 spiro atoms. The molecule has 1 saturated carbocycles. The van der Waals surface area contributed by atoms with Crippen molar-refractivity contribution in [3.8, 4) is 5.75 Å². The number of para-hydroxylation sites is 1. The van der Waals surface area contributed by atoms with Gasteiger partial charge in [-0.3, -0.25) is 9.59 Å². The zero-order chi connectivity index (χ0) is 28.9. The zero-order valence-corrected chi connectivity index (χ0v) is 24.4. The molecule has 0 aromatic heterocycles. The summed E-state index contributed by atoms with van der Waals surface area (Å²) < 4.78 is 28.6. The van der Waals surface area contributed by atoms with Crippen LogP contribution in [0.4, 0.5) is 4.79 Å². The van der Waals surface area contributed by atoms with E-state index in [1.54, 1.807) is 11.8 Å². The first kappa shape index (κ1) is 30.1. The van der Waals surface area contributed by atoms with Gasteiger partial charge in [-0.25, -0.2) is 4.79 Å². The molecule has 3 atom stereocenters. The smallest absolute Gasteiger partial charge is 0.410 e. The van der Waals surface area contributed by atoms with Gasteiger partial charge in [-0.15, -0.1) is 0 Å². The molecule has 4 rings (SSSR count). The average Bonchev–Trinajstić information content (AvgIpc) is 3.26. The molecule has 2 aliphatic heterocycles. The summed E-state index contributed by atoms with van der Waals surface area (Å²) in [6, 6.07) is 7.62. The van der Waals surface area contributed by atoms with E-state index in [0.717, 1.165) is 37.0 Å². The Labute approximate surface area is 237 Å². The van der Waals surface area contributed by atoms with E-state index < -0.39 is 17.2 Å². The summed E-state index contributed by atoms with van der Waals surface area (Å²) in [5.41, 5.74) is -0.160. The minimum absolute atomic E-state index is 0.0264. The zero-order valence-electron chi connectivity index (χ0n) is 24.4. The number of esters is 1. The van der Waals surface area contributed by atoms with Crippen LogP contribution in [0.2, 0.25) is 0 Å². The lowest BCUT2D eigenvalue weighted by atomic mass is 9.82. The number of likely N-dealkylation sites (tertiary alicyclic amines) is 1. The van der Waals surface area contributed by atoms with Gasteiger partial charge in [0.05, 0.1) is 43.9 Å². The third-order valence-corrected chi connectivity index (χ3v) is 8.04. The topological polar surface area (TPSA) is 113 Å². The Morgan fingerprint density at radius 1 is 1.18 bits per heavy atom. The Balaban J connectivity index is 1.36. The van der Waals surface area contributed by atoms with Crippen LogP contribution in [-0.2, 0) is 28.5 Å². The van der Waals surface area contributed by atoms with Crippen molar-refractivity contribution in [1.29, 1.82) is 0 Å². The molecule has 1 aromatic carbocycles. The van der Waals surface area contributed by atoms with Crippen LogP contribution >= 0.6 is 0 Å². The van der Waals surface area contributed by atoms with E-state index in [-0.39, 0.29) is 43.2 Å². The predicted octanol–water partition coefficient (Wildman–Crippen LogP) is 3.81. The van der Waals surface area contributed by atoms with Gasteiger partial charge in [-0.2, -0.15) is 0 Å². The van der Waals surface area contributed by atoms with E-state index in [1.807, 2.05) is 39.0 Å². The van der Waals surface area contributed by atoms with E-state index in [0.29, 0.717) is 32.1 Å². The molecule has 3 fully saturated rings. The van der Waals surface area contributed by atoms with Crippen molar-refractivity contribution in [3.05, 3.63) is 29.8 Å². The molecule has 0 radical (unpaired) electrons. The highest BCUT2D eigenvalue weighted by Gasteiger charge is 2.53. The molecule has 3 unspecified atom stereocenters. The molecule has 2 saturated heterocycles. The summed E-state index contributed by atoms with van der Waals surface area (Å²) in [5.74, 6) is 0.317. The van der Waals surface area contributed by atoms with Gasteiger partial charge in [-0.1, -0.05) is 18.2 Å². The van der Waals surface area contributed by atoms with E-state index in [9.17, 15) is 14.4 Å². The molecule has 10 heteroatoms. The molecular weight excluding hydrogens is 516 g/mol. The number of morpholine rings is 1. The Kier molecular flexibility index (Phi) is 9.61. The summed E-state index contributed by atoms with van der Waals surface area (Å²) in [4.78, 5) is 38.8. The lowest BCUT2D eigenvalue weighted by Gasteiger charge is -2.41. The second-order valence-electron chi connectivity index (χ2n) is 12.2. The fourth-order valence-electron chi connectivity index (χ4n) is 5.92. The van der Waals surface area contributed by atoms with Crippen LogP contribution in [-0.4, -0.2) is 86.2 Å². The minimum atomic E-state index is -0.680. The molecule has 1 N–H and O–H groups in total. The summed E-state index contributed by atoms with van der Waals surface area (Å²) in [7, 11) is 1.38. The van der Waals surface area contributed by atoms with Crippen molar-refractivity contribution in [2.24, 2.45) is 5.92 Å². The predicted molar refractivity (Wildman–Crippen MR) is 147 cm³/mol. The number of rotatable bonds is 8. The number of carbonyl (C=O) groups is 3. The fraction of sp³-hybridized carbons (Fsp3) is 0.700. The van der Waals surface area contributed by atoms with Crippen molar-refractivity contribution < 1.29 is 38.1 Å². The Morgan fingerprint density at radius 2 is 1.90 bits per heavy atom. The number of nitrogens with zero attached hydrogens (tertiary/aromatic N) is 1. The van der Waals surface area contributed by atoms with Crippen LogP contribution < -0.4 is 10.1 Å². The molecule has 1 aliphatic carbocycles. The average molecular weight is 561 g/mol. The van der Waals surface area contributed by atoms with Crippen LogP contribution in [0.3, 0.4) is 0 Å². The van der Waals surface area contributed by atoms with Gasteiger partial charge in [0, 0.05) is 6.54 Å². The number of hydrogen-bond acceptors (Lipinski definition) is 8. The number of hydrogen-bond donors (Lipinski definition) is 1. The molecule has 2 heterocycles. The fourth-order valence-corrected chi connectivity index (χ4v) is 5.92. The summed E-state index contributed by atoms with van der Waals surface area (Å²) >= 11 is 0. The number of benzene rings is 1. The van der Waals surface area contributed by atoms with E-state index in [2.05, 4.69) is 11.4 Å². The Bertz CT molecular complexity index is 1050. The van der Waals surface area contributed by atoms with Crippen molar-refractivity contribution in [3.63, 3.8) is 0 Å². The number of carbonyl (C=O) groups excluding carboxylic acids is 3. The molecule has 40 heavy (non-hydrogen) atoms. The van der Waals surface area contributed by atoms with Crippen LogP contribution in [0.1, 0.15) is 71.3 Å². The maximum atomic E-state index is 13.1. The van der Waals surface area contributed by atoms with E-state index in [1.165, 1.54) is 7.11 Å². The normalized spacial score (nSPS) is 27.7. The summed E-state index contributed by atoms with van der Waals surface area (Å²) in [6.07, 6.45) is 3.83. The first-order valence-electron chi connectivity index (χ1n) is 14.3. The van der Waals surface area contributed by atoms with E-state index >= 15 is 0 Å². The minimum Gasteiger partial charge on any atom is -0.492 e. The van der Waals surface area contributed by atoms with Crippen LogP contribution in [0.15, 0.2) is 24.3 Å². The highest BCUT2D eigenvalue weighted by Crippen LogP contribution is 2.39. The quantitative estimate of drug-likeness (QED) is 0.478. The lowest BCUT2D eigenvalue weighted by molar-refractivity contribution is -0.145. The first-order chi connectivity index (χ1) is 19.0. The summed E-state index contributed by atoms with van der Waals surface area (Å²) in [6.45, 7) is 8.70.